The van der Waals surface area contributed by atoms with Crippen LogP contribution in [0.3, 0.4) is 0 Å². The first-order chi connectivity index (χ1) is 20.6. The van der Waals surface area contributed by atoms with Gasteiger partial charge in [-0.25, -0.2) is 0 Å². The number of ketones is 1. The fourth-order valence-electron chi connectivity index (χ4n) is 5.34. The number of likely N-dealkylation sites (N-methyl/N-ethyl adjacent to an activating group) is 1. The van der Waals surface area contributed by atoms with Crippen molar-refractivity contribution in [3.63, 3.8) is 0 Å². The lowest BCUT2D eigenvalue weighted by atomic mass is 9.84. The van der Waals surface area contributed by atoms with E-state index in [9.17, 15) is 9.90 Å². The van der Waals surface area contributed by atoms with E-state index in [1.165, 1.54) is 0 Å². The van der Waals surface area contributed by atoms with Gasteiger partial charge < -0.3 is 23.9 Å². The number of imidazole rings is 1. The summed E-state index contributed by atoms with van der Waals surface area (Å²) in [5.41, 5.74) is 5.59. The number of benzene rings is 4. The molecule has 0 amide bonds. The molecule has 44 heavy (non-hydrogen) atoms. The van der Waals surface area contributed by atoms with Crippen molar-refractivity contribution in [2.75, 3.05) is 25.1 Å². The molecule has 0 aliphatic heterocycles. The minimum absolute atomic E-state index is 0. The van der Waals surface area contributed by atoms with Gasteiger partial charge in [-0.05, 0) is 40.8 Å². The molecule has 230 valence electrons. The van der Waals surface area contributed by atoms with Gasteiger partial charge in [-0.3, -0.25) is 10.2 Å². The van der Waals surface area contributed by atoms with E-state index >= 15 is 0 Å². The van der Waals surface area contributed by atoms with Crippen molar-refractivity contribution < 1.29 is 14.6 Å². The van der Waals surface area contributed by atoms with Crippen LogP contribution in [-0.4, -0.2) is 40.2 Å². The molecule has 1 heterocycles. The molecule has 2 N–H and O–H groups in total. The van der Waals surface area contributed by atoms with E-state index in [1.54, 1.807) is 16.7 Å². The van der Waals surface area contributed by atoms with Crippen LogP contribution >= 0.6 is 17.0 Å². The fraction of sp³-hybridized carbons (Fsp3) is 0.278. The normalized spacial score (nSPS) is 11.4. The summed E-state index contributed by atoms with van der Waals surface area (Å²) >= 11 is 0. The first-order valence-corrected chi connectivity index (χ1v) is 14.6. The van der Waals surface area contributed by atoms with Crippen LogP contribution in [0.5, 0.6) is 5.75 Å². The summed E-state index contributed by atoms with van der Waals surface area (Å²) in [5.74, 6) is 0.0458. The lowest BCUT2D eigenvalue weighted by Crippen LogP contribution is -2.28. The van der Waals surface area contributed by atoms with E-state index in [1.807, 2.05) is 122 Å². The molecule has 8 heteroatoms. The summed E-state index contributed by atoms with van der Waals surface area (Å²) in [6.45, 7) is 8.14. The molecule has 0 fully saturated rings. The van der Waals surface area contributed by atoms with Gasteiger partial charge in [0.15, 0.2) is 5.78 Å². The zero-order valence-electron chi connectivity index (χ0n) is 25.8. The summed E-state index contributed by atoms with van der Waals surface area (Å²) in [5, 5.41) is 20.4. The first-order valence-electron chi connectivity index (χ1n) is 14.6. The van der Waals surface area contributed by atoms with Crippen molar-refractivity contribution in [2.45, 2.75) is 45.9 Å². The predicted molar refractivity (Wildman–Crippen MR) is 182 cm³/mol. The maximum atomic E-state index is 13.9. The molecule has 0 aliphatic rings. The molecular formula is C36H41BrN4O3. The second kappa shape index (κ2) is 14.1. The minimum Gasteiger partial charge on any atom is -0.505 e. The van der Waals surface area contributed by atoms with Gasteiger partial charge in [0.25, 0.3) is 0 Å². The number of para-hydroxylation sites is 2. The number of nitrogens with zero attached hydrogens (tertiary/aromatic N) is 3. The topological polar surface area (TPSA) is 83.5 Å². The Labute approximate surface area is 269 Å². The van der Waals surface area contributed by atoms with Crippen molar-refractivity contribution >= 4 is 39.5 Å². The smallest absolute Gasteiger partial charge is 0.203 e. The summed E-state index contributed by atoms with van der Waals surface area (Å²) in [6, 6.07) is 31.4. The highest BCUT2D eigenvalue weighted by Crippen LogP contribution is 2.39. The Balaban J connectivity index is 0.00000442. The van der Waals surface area contributed by atoms with Gasteiger partial charge in [-0.1, -0.05) is 93.6 Å². The molecule has 5 rings (SSSR count). The number of phenolic OH excluding ortho intramolecular Hbond substituents is 1. The van der Waals surface area contributed by atoms with Crippen LogP contribution in [0.2, 0.25) is 0 Å². The van der Waals surface area contributed by atoms with Crippen molar-refractivity contribution in [3.05, 3.63) is 125 Å². The number of ether oxygens (including phenoxy) is 1. The summed E-state index contributed by atoms with van der Waals surface area (Å²) in [6.07, 6.45) is 0. The zero-order chi connectivity index (χ0) is 30.6. The van der Waals surface area contributed by atoms with Crippen LogP contribution in [0, 0.1) is 5.41 Å². The number of aromatic hydroxyl groups is 1. The Morgan fingerprint density at radius 1 is 0.864 bits per heavy atom. The minimum atomic E-state index is -0.390. The van der Waals surface area contributed by atoms with Crippen LogP contribution in [0.15, 0.2) is 97.1 Å². The maximum Gasteiger partial charge on any atom is 0.203 e. The number of halogens is 1. The molecule has 0 bridgehead atoms. The third-order valence-corrected chi connectivity index (χ3v) is 7.77. The third-order valence-electron chi connectivity index (χ3n) is 7.77. The Hall–Kier alpha value is -4.14. The molecule has 5 aromatic rings. The van der Waals surface area contributed by atoms with E-state index in [2.05, 4.69) is 0 Å². The SMILES string of the molecule is Br.CN(CCOCc1ccccc1)c1cc(C(=O)Cn2c(=N)n(Cc3ccccc3)c3ccccc32)cc(C(C)(C)C)c1O. The molecule has 0 saturated heterocycles. The molecule has 0 saturated carbocycles. The molecule has 0 aliphatic carbocycles. The van der Waals surface area contributed by atoms with E-state index in [0.717, 1.165) is 22.2 Å². The molecule has 0 radical (unpaired) electrons. The molecule has 1 aromatic heterocycles. The number of nitrogens with one attached hydrogen (secondary N) is 1. The number of hydrogen-bond acceptors (Lipinski definition) is 5. The summed E-state index contributed by atoms with van der Waals surface area (Å²) in [7, 11) is 1.90. The number of phenols is 1. The van der Waals surface area contributed by atoms with Crippen LogP contribution in [-0.2, 0) is 29.8 Å². The Morgan fingerprint density at radius 2 is 1.43 bits per heavy atom. The largest absolute Gasteiger partial charge is 0.505 e. The van der Waals surface area contributed by atoms with Crippen molar-refractivity contribution in [1.29, 1.82) is 5.41 Å². The van der Waals surface area contributed by atoms with Gasteiger partial charge in [0.05, 0.1) is 43.0 Å². The lowest BCUT2D eigenvalue weighted by Gasteiger charge is -2.27. The van der Waals surface area contributed by atoms with Gasteiger partial charge in [0.2, 0.25) is 5.62 Å². The highest BCUT2D eigenvalue weighted by Gasteiger charge is 2.25. The first kappa shape index (κ1) is 32.8. The number of rotatable bonds is 11. The van der Waals surface area contributed by atoms with Gasteiger partial charge in [-0.15, -0.1) is 17.0 Å². The predicted octanol–water partition coefficient (Wildman–Crippen LogP) is 7.09. The number of Topliss-reactive ketones (excluding diaryl/α,β-unsaturated/α-hetero) is 1. The highest BCUT2D eigenvalue weighted by molar-refractivity contribution is 8.93. The number of hydrogen-bond donors (Lipinski definition) is 2. The van der Waals surface area contributed by atoms with Gasteiger partial charge in [0, 0.05) is 24.7 Å². The monoisotopic (exact) mass is 656 g/mol. The van der Waals surface area contributed by atoms with Gasteiger partial charge >= 0.3 is 0 Å². The molecule has 7 nitrogen and oxygen atoms in total. The molecule has 0 atom stereocenters. The van der Waals surface area contributed by atoms with E-state index in [-0.39, 0.29) is 46.1 Å². The Kier molecular flexibility index (Phi) is 10.5. The number of aromatic nitrogens is 2. The van der Waals surface area contributed by atoms with Gasteiger partial charge in [0.1, 0.15) is 5.75 Å². The van der Waals surface area contributed by atoms with Crippen molar-refractivity contribution in [3.8, 4) is 5.75 Å². The molecular weight excluding hydrogens is 616 g/mol. The number of fused-ring (bicyclic) bond motifs is 1. The second-order valence-corrected chi connectivity index (χ2v) is 12.0. The average molecular weight is 658 g/mol. The number of anilines is 1. The Morgan fingerprint density at radius 3 is 2.05 bits per heavy atom. The maximum absolute atomic E-state index is 13.9. The van der Waals surface area contributed by atoms with Crippen LogP contribution in [0.25, 0.3) is 11.0 Å². The lowest BCUT2D eigenvalue weighted by molar-refractivity contribution is 0.0971. The fourth-order valence-corrected chi connectivity index (χ4v) is 5.34. The third kappa shape index (κ3) is 7.31. The summed E-state index contributed by atoms with van der Waals surface area (Å²) in [4.78, 5) is 15.9. The number of carbonyl (C=O) groups excluding carboxylic acids is 1. The van der Waals surface area contributed by atoms with E-state index < -0.39 is 0 Å². The highest BCUT2D eigenvalue weighted by atomic mass is 79.9. The zero-order valence-corrected chi connectivity index (χ0v) is 27.5. The van der Waals surface area contributed by atoms with Crippen molar-refractivity contribution in [1.82, 2.24) is 9.13 Å². The van der Waals surface area contributed by atoms with Crippen LogP contribution in [0.1, 0.15) is 47.8 Å². The van der Waals surface area contributed by atoms with Crippen LogP contribution < -0.4 is 10.5 Å². The molecule has 0 unspecified atom stereocenters. The molecule has 0 spiro atoms. The van der Waals surface area contributed by atoms with Gasteiger partial charge in [-0.2, -0.15) is 0 Å². The second-order valence-electron chi connectivity index (χ2n) is 12.0. The quantitative estimate of drug-likeness (QED) is 0.117. The number of carbonyl (C=O) groups is 1. The van der Waals surface area contributed by atoms with E-state index in [0.29, 0.717) is 43.1 Å². The molecule has 4 aromatic carbocycles. The van der Waals surface area contributed by atoms with Crippen LogP contribution in [0.4, 0.5) is 5.69 Å². The average Bonchev–Trinajstić information content (AvgIpc) is 3.25. The van der Waals surface area contributed by atoms with E-state index in [4.69, 9.17) is 10.1 Å². The summed E-state index contributed by atoms with van der Waals surface area (Å²) < 4.78 is 9.59. The Bertz CT molecular complexity index is 1770. The standard InChI is InChI=1S/C36H40N4O3.BrH/c1-36(2,3)29-21-28(22-32(34(29)42)38(4)19-20-43-25-27-15-9-6-10-16-27)33(41)24-40-31-18-12-11-17-30(31)39(35(40)37)23-26-13-7-5-8-14-26;/h5-18,21-22,37,42H,19-20,23-25H2,1-4H3;1H. The van der Waals surface area contributed by atoms with Crippen molar-refractivity contribution in [2.24, 2.45) is 0 Å².